The third-order valence-electron chi connectivity index (χ3n) is 1.55. The molecule has 0 radical (unpaired) electrons. The van der Waals surface area contributed by atoms with Gasteiger partial charge in [0.15, 0.2) is 18.2 Å². The Hall–Kier alpha value is -1.82. The zero-order chi connectivity index (χ0) is 10.4. The lowest BCUT2D eigenvalue weighted by Crippen LogP contribution is -2.25. The van der Waals surface area contributed by atoms with Gasteiger partial charge in [-0.15, -0.1) is 0 Å². The first-order chi connectivity index (χ1) is 6.77. The van der Waals surface area contributed by atoms with Crippen LogP contribution in [0.4, 0.5) is 5.82 Å². The van der Waals surface area contributed by atoms with E-state index in [4.69, 9.17) is 10.6 Å². The normalized spacial score (nSPS) is 9.29. The van der Waals surface area contributed by atoms with E-state index < -0.39 is 0 Å². The summed E-state index contributed by atoms with van der Waals surface area (Å²) < 4.78 is 5.16. The van der Waals surface area contributed by atoms with E-state index in [-0.39, 0.29) is 12.5 Å². The minimum atomic E-state index is -0.211. The van der Waals surface area contributed by atoms with Crippen molar-refractivity contribution >= 4 is 11.7 Å². The topological polar surface area (TPSA) is 89.3 Å². The molecule has 0 unspecified atom stereocenters. The molecule has 6 nitrogen and oxygen atoms in total. The summed E-state index contributed by atoms with van der Waals surface area (Å²) in [5.74, 6) is 5.83. The number of likely N-dealkylation sites (N-methyl/N-ethyl adjacent to an activating group) is 1. The number of pyridine rings is 1. The van der Waals surface area contributed by atoms with Crippen molar-refractivity contribution in [2.45, 2.75) is 0 Å². The zero-order valence-corrected chi connectivity index (χ0v) is 7.78. The number of nitrogens with two attached hydrogens (primary N) is 1. The monoisotopic (exact) mass is 196 g/mol. The van der Waals surface area contributed by atoms with Crippen LogP contribution in [0.3, 0.4) is 0 Å². The van der Waals surface area contributed by atoms with Crippen molar-refractivity contribution in [3.63, 3.8) is 0 Å². The summed E-state index contributed by atoms with van der Waals surface area (Å²) in [4.78, 5) is 14.8. The van der Waals surface area contributed by atoms with Gasteiger partial charge >= 0.3 is 0 Å². The summed E-state index contributed by atoms with van der Waals surface area (Å²) in [6, 6.07) is 3.37. The second-order valence-corrected chi connectivity index (χ2v) is 2.46. The maximum absolute atomic E-state index is 10.9. The van der Waals surface area contributed by atoms with E-state index in [1.54, 1.807) is 18.3 Å². The standard InChI is InChI=1S/C8H12N4O2/c1-10-7(13)5-14-6-3-2-4-11-8(6)12-9/h2-4H,5,9H2,1H3,(H,10,13)(H,11,12). The van der Waals surface area contributed by atoms with E-state index in [2.05, 4.69) is 15.7 Å². The van der Waals surface area contributed by atoms with Crippen molar-refractivity contribution in [1.82, 2.24) is 10.3 Å². The number of hydrogen-bond donors (Lipinski definition) is 3. The summed E-state index contributed by atoms with van der Waals surface area (Å²) in [7, 11) is 1.54. The fourth-order valence-electron chi connectivity index (χ4n) is 0.831. The highest BCUT2D eigenvalue weighted by molar-refractivity contribution is 5.77. The smallest absolute Gasteiger partial charge is 0.257 e. The van der Waals surface area contributed by atoms with Crippen molar-refractivity contribution in [2.75, 3.05) is 19.1 Å². The molecule has 76 valence electrons. The fourth-order valence-corrected chi connectivity index (χ4v) is 0.831. The van der Waals surface area contributed by atoms with E-state index >= 15 is 0 Å². The Morgan fingerprint density at radius 1 is 1.71 bits per heavy atom. The molecule has 4 N–H and O–H groups in total. The molecule has 0 aliphatic carbocycles. The van der Waals surface area contributed by atoms with Gasteiger partial charge in [0, 0.05) is 13.2 Å². The average Bonchev–Trinajstić information content (AvgIpc) is 2.26. The molecule has 0 aromatic carbocycles. The number of ether oxygens (including phenoxy) is 1. The minimum Gasteiger partial charge on any atom is -0.480 e. The number of nitrogens with zero attached hydrogens (tertiary/aromatic N) is 1. The molecule has 0 aliphatic rings. The van der Waals surface area contributed by atoms with Gasteiger partial charge in [-0.2, -0.15) is 0 Å². The molecular weight excluding hydrogens is 184 g/mol. The van der Waals surface area contributed by atoms with E-state index in [1.807, 2.05) is 0 Å². The number of carbonyl (C=O) groups is 1. The minimum absolute atomic E-state index is 0.0587. The average molecular weight is 196 g/mol. The maximum atomic E-state index is 10.9. The van der Waals surface area contributed by atoms with E-state index in [9.17, 15) is 4.79 Å². The highest BCUT2D eigenvalue weighted by atomic mass is 16.5. The number of aromatic nitrogens is 1. The molecule has 0 fully saturated rings. The van der Waals surface area contributed by atoms with Crippen LogP contribution in [0.15, 0.2) is 18.3 Å². The summed E-state index contributed by atoms with van der Waals surface area (Å²) in [5, 5.41) is 2.44. The molecule has 6 heteroatoms. The van der Waals surface area contributed by atoms with Gasteiger partial charge in [0.1, 0.15) is 0 Å². The first-order valence-corrected chi connectivity index (χ1v) is 4.03. The van der Waals surface area contributed by atoms with Crippen molar-refractivity contribution in [3.8, 4) is 5.75 Å². The SMILES string of the molecule is CNC(=O)COc1cccnc1NN. The number of hydrazine groups is 1. The molecule has 0 saturated heterocycles. The van der Waals surface area contributed by atoms with Crippen LogP contribution in [0.25, 0.3) is 0 Å². The molecule has 14 heavy (non-hydrogen) atoms. The van der Waals surface area contributed by atoms with Crippen LogP contribution in [-0.4, -0.2) is 24.5 Å². The number of amides is 1. The Morgan fingerprint density at radius 2 is 2.50 bits per heavy atom. The third kappa shape index (κ3) is 2.60. The second-order valence-electron chi connectivity index (χ2n) is 2.46. The third-order valence-corrected chi connectivity index (χ3v) is 1.55. The molecule has 0 aliphatic heterocycles. The predicted molar refractivity (Wildman–Crippen MR) is 51.6 cm³/mol. The lowest BCUT2D eigenvalue weighted by Gasteiger charge is -2.08. The lowest BCUT2D eigenvalue weighted by atomic mass is 10.4. The highest BCUT2D eigenvalue weighted by Gasteiger charge is 2.04. The summed E-state index contributed by atoms with van der Waals surface area (Å²) in [5.41, 5.74) is 2.37. The summed E-state index contributed by atoms with van der Waals surface area (Å²) >= 11 is 0. The Balaban J connectivity index is 2.61. The Labute approximate surface area is 81.4 Å². The van der Waals surface area contributed by atoms with E-state index in [0.717, 1.165) is 0 Å². The van der Waals surface area contributed by atoms with Crippen molar-refractivity contribution < 1.29 is 9.53 Å². The van der Waals surface area contributed by atoms with Gasteiger partial charge in [-0.3, -0.25) is 4.79 Å². The second kappa shape index (κ2) is 5.03. The Morgan fingerprint density at radius 3 is 3.14 bits per heavy atom. The first-order valence-electron chi connectivity index (χ1n) is 4.03. The van der Waals surface area contributed by atoms with Crippen LogP contribution in [0.1, 0.15) is 0 Å². The van der Waals surface area contributed by atoms with Gasteiger partial charge in [0.2, 0.25) is 0 Å². The highest BCUT2D eigenvalue weighted by Crippen LogP contribution is 2.18. The number of hydrogen-bond acceptors (Lipinski definition) is 5. The molecule has 0 atom stereocenters. The molecule has 0 bridgehead atoms. The van der Waals surface area contributed by atoms with Gasteiger partial charge in [0.25, 0.3) is 5.91 Å². The Kier molecular flexibility index (Phi) is 3.69. The molecule has 1 amide bonds. The van der Waals surface area contributed by atoms with Gasteiger partial charge in [-0.1, -0.05) is 0 Å². The predicted octanol–water partition coefficient (Wildman–Crippen LogP) is -0.508. The lowest BCUT2D eigenvalue weighted by molar-refractivity contribution is -0.122. The van der Waals surface area contributed by atoms with Crippen LogP contribution in [0, 0.1) is 0 Å². The molecule has 1 heterocycles. The number of rotatable bonds is 4. The first kappa shape index (κ1) is 10.3. The van der Waals surface area contributed by atoms with Crippen molar-refractivity contribution in [2.24, 2.45) is 5.84 Å². The Bertz CT molecular complexity index is 316. The molecular formula is C8H12N4O2. The summed E-state index contributed by atoms with van der Waals surface area (Å²) in [6.45, 7) is -0.0587. The maximum Gasteiger partial charge on any atom is 0.257 e. The van der Waals surface area contributed by atoms with Gasteiger partial charge < -0.3 is 15.5 Å². The van der Waals surface area contributed by atoms with Crippen LogP contribution < -0.4 is 21.3 Å². The molecule has 1 aromatic rings. The molecule has 0 saturated carbocycles. The van der Waals surface area contributed by atoms with E-state index in [0.29, 0.717) is 11.6 Å². The fraction of sp³-hybridized carbons (Fsp3) is 0.250. The number of nitrogen functional groups attached to an aromatic ring is 1. The number of anilines is 1. The van der Waals surface area contributed by atoms with Crippen LogP contribution in [0.5, 0.6) is 5.75 Å². The van der Waals surface area contributed by atoms with Crippen LogP contribution >= 0.6 is 0 Å². The van der Waals surface area contributed by atoms with Crippen LogP contribution in [-0.2, 0) is 4.79 Å². The van der Waals surface area contributed by atoms with Crippen molar-refractivity contribution in [1.29, 1.82) is 0 Å². The van der Waals surface area contributed by atoms with Crippen LogP contribution in [0.2, 0.25) is 0 Å². The van der Waals surface area contributed by atoms with Gasteiger partial charge in [-0.25, -0.2) is 10.8 Å². The van der Waals surface area contributed by atoms with Gasteiger partial charge in [0.05, 0.1) is 0 Å². The largest absolute Gasteiger partial charge is 0.480 e. The van der Waals surface area contributed by atoms with Gasteiger partial charge in [-0.05, 0) is 12.1 Å². The molecule has 1 rings (SSSR count). The number of carbonyl (C=O) groups excluding carboxylic acids is 1. The molecule has 1 aromatic heterocycles. The zero-order valence-electron chi connectivity index (χ0n) is 7.78. The van der Waals surface area contributed by atoms with E-state index in [1.165, 1.54) is 7.05 Å². The summed E-state index contributed by atoms with van der Waals surface area (Å²) in [6.07, 6.45) is 1.57. The molecule has 0 spiro atoms. The van der Waals surface area contributed by atoms with Crippen molar-refractivity contribution in [3.05, 3.63) is 18.3 Å². The number of nitrogens with one attached hydrogen (secondary N) is 2. The quantitative estimate of drug-likeness (QED) is 0.446.